The van der Waals surface area contributed by atoms with E-state index in [1.165, 1.54) is 0 Å². The zero-order valence-electron chi connectivity index (χ0n) is 9.52. The maximum atomic E-state index is 9.14. The first-order valence-corrected chi connectivity index (χ1v) is 5.32. The van der Waals surface area contributed by atoms with Crippen molar-refractivity contribution in [1.82, 2.24) is 5.32 Å². The van der Waals surface area contributed by atoms with Gasteiger partial charge in [0.05, 0.1) is 19.3 Å². The van der Waals surface area contributed by atoms with Gasteiger partial charge in [-0.05, 0) is 11.1 Å². The van der Waals surface area contributed by atoms with Gasteiger partial charge in [-0.2, -0.15) is 0 Å². The monoisotopic (exact) mass is 225 g/mol. The molecule has 0 amide bonds. The highest BCUT2D eigenvalue weighted by Crippen LogP contribution is 2.06. The molecule has 90 valence electrons. The third-order valence-corrected chi connectivity index (χ3v) is 2.22. The van der Waals surface area contributed by atoms with E-state index in [0.717, 1.165) is 11.1 Å². The van der Waals surface area contributed by atoms with Crippen LogP contribution in [-0.4, -0.2) is 36.6 Å². The third-order valence-electron chi connectivity index (χ3n) is 2.22. The predicted molar refractivity (Wildman–Crippen MR) is 62.0 cm³/mol. The van der Waals surface area contributed by atoms with Crippen LogP contribution < -0.4 is 5.32 Å². The molecule has 0 saturated carbocycles. The first kappa shape index (κ1) is 13.1. The van der Waals surface area contributed by atoms with Crippen LogP contribution >= 0.6 is 0 Å². The minimum Gasteiger partial charge on any atom is -0.394 e. The van der Waals surface area contributed by atoms with Gasteiger partial charge >= 0.3 is 0 Å². The Morgan fingerprint density at radius 1 is 1.38 bits per heavy atom. The van der Waals surface area contributed by atoms with Crippen LogP contribution in [-0.2, 0) is 17.9 Å². The van der Waals surface area contributed by atoms with Gasteiger partial charge in [-0.25, -0.2) is 0 Å². The number of ether oxygens (including phenoxy) is 1. The SMILES string of the molecule is COCc1cccc(CNC[C@H](O)CO)c1. The van der Waals surface area contributed by atoms with E-state index in [1.807, 2.05) is 18.2 Å². The summed E-state index contributed by atoms with van der Waals surface area (Å²) in [5.74, 6) is 0. The van der Waals surface area contributed by atoms with Gasteiger partial charge in [-0.3, -0.25) is 0 Å². The minimum absolute atomic E-state index is 0.212. The maximum Gasteiger partial charge on any atom is 0.0895 e. The van der Waals surface area contributed by atoms with E-state index in [9.17, 15) is 0 Å². The molecule has 0 aliphatic carbocycles. The molecule has 0 unspecified atom stereocenters. The molecule has 0 aliphatic heterocycles. The van der Waals surface area contributed by atoms with Gasteiger partial charge in [0.25, 0.3) is 0 Å². The molecule has 4 heteroatoms. The Labute approximate surface area is 95.9 Å². The lowest BCUT2D eigenvalue weighted by Gasteiger charge is -2.09. The molecule has 1 aromatic rings. The van der Waals surface area contributed by atoms with Crippen molar-refractivity contribution in [2.75, 3.05) is 20.3 Å². The third kappa shape index (κ3) is 4.72. The molecule has 3 N–H and O–H groups in total. The van der Waals surface area contributed by atoms with E-state index in [-0.39, 0.29) is 6.61 Å². The molecule has 1 aromatic carbocycles. The van der Waals surface area contributed by atoms with Crippen LogP contribution in [0.3, 0.4) is 0 Å². The number of aliphatic hydroxyl groups is 2. The number of nitrogens with one attached hydrogen (secondary N) is 1. The summed E-state index contributed by atoms with van der Waals surface area (Å²) in [4.78, 5) is 0. The molecule has 4 nitrogen and oxygen atoms in total. The number of rotatable bonds is 7. The van der Waals surface area contributed by atoms with Gasteiger partial charge in [0.15, 0.2) is 0 Å². The van der Waals surface area contributed by atoms with E-state index in [1.54, 1.807) is 7.11 Å². The fourth-order valence-corrected chi connectivity index (χ4v) is 1.44. The number of aliphatic hydroxyl groups excluding tert-OH is 2. The molecule has 0 heterocycles. The molecule has 1 atom stereocenters. The zero-order valence-corrected chi connectivity index (χ0v) is 9.52. The Morgan fingerprint density at radius 2 is 2.12 bits per heavy atom. The second kappa shape index (κ2) is 7.35. The maximum absolute atomic E-state index is 9.14. The first-order valence-electron chi connectivity index (χ1n) is 5.32. The molecule has 1 rings (SSSR count). The Bertz CT molecular complexity index is 304. The van der Waals surface area contributed by atoms with Crippen LogP contribution in [0, 0.1) is 0 Å². The highest BCUT2D eigenvalue weighted by molar-refractivity contribution is 5.22. The number of hydrogen-bond acceptors (Lipinski definition) is 4. The first-order chi connectivity index (χ1) is 7.76. The van der Waals surface area contributed by atoms with Crippen LogP contribution in [0.2, 0.25) is 0 Å². The molecular formula is C12H19NO3. The molecule has 0 fully saturated rings. The Hall–Kier alpha value is -0.940. The average Bonchev–Trinajstić information content (AvgIpc) is 2.30. The van der Waals surface area contributed by atoms with Gasteiger partial charge < -0.3 is 20.3 Å². The van der Waals surface area contributed by atoms with Crippen molar-refractivity contribution in [3.05, 3.63) is 35.4 Å². The molecule has 0 aromatic heterocycles. The number of methoxy groups -OCH3 is 1. The summed E-state index contributed by atoms with van der Waals surface area (Å²) in [5.41, 5.74) is 2.27. The lowest BCUT2D eigenvalue weighted by molar-refractivity contribution is 0.0942. The topological polar surface area (TPSA) is 61.7 Å². The van der Waals surface area contributed by atoms with Crippen LogP contribution in [0.1, 0.15) is 11.1 Å². The second-order valence-electron chi connectivity index (χ2n) is 3.72. The molecule has 0 radical (unpaired) electrons. The van der Waals surface area contributed by atoms with E-state index in [0.29, 0.717) is 19.7 Å². The molecule has 0 bridgehead atoms. The normalized spacial score (nSPS) is 12.7. The smallest absolute Gasteiger partial charge is 0.0895 e. The summed E-state index contributed by atoms with van der Waals surface area (Å²) in [6, 6.07) is 8.06. The number of hydrogen-bond donors (Lipinski definition) is 3. The molecular weight excluding hydrogens is 206 g/mol. The minimum atomic E-state index is -0.692. The largest absolute Gasteiger partial charge is 0.394 e. The molecule has 0 spiro atoms. The number of benzene rings is 1. The summed E-state index contributed by atoms with van der Waals surface area (Å²) in [6.45, 7) is 1.46. The lowest BCUT2D eigenvalue weighted by atomic mass is 10.1. The van der Waals surface area contributed by atoms with E-state index in [4.69, 9.17) is 14.9 Å². The van der Waals surface area contributed by atoms with Gasteiger partial charge in [0, 0.05) is 20.2 Å². The van der Waals surface area contributed by atoms with E-state index in [2.05, 4.69) is 11.4 Å². The van der Waals surface area contributed by atoms with Gasteiger partial charge in [0.2, 0.25) is 0 Å². The summed E-state index contributed by atoms with van der Waals surface area (Å²) < 4.78 is 5.05. The van der Waals surface area contributed by atoms with Crippen LogP contribution in [0.4, 0.5) is 0 Å². The van der Waals surface area contributed by atoms with Gasteiger partial charge in [-0.1, -0.05) is 24.3 Å². The molecule has 0 aliphatic rings. The van der Waals surface area contributed by atoms with Crippen molar-refractivity contribution in [1.29, 1.82) is 0 Å². The Kier molecular flexibility index (Phi) is 6.03. The van der Waals surface area contributed by atoms with Crippen molar-refractivity contribution in [2.24, 2.45) is 0 Å². The highest BCUT2D eigenvalue weighted by Gasteiger charge is 2.01. The van der Waals surface area contributed by atoms with Crippen LogP contribution in [0.25, 0.3) is 0 Å². The van der Waals surface area contributed by atoms with E-state index >= 15 is 0 Å². The summed E-state index contributed by atoms with van der Waals surface area (Å²) >= 11 is 0. The fourth-order valence-electron chi connectivity index (χ4n) is 1.44. The predicted octanol–water partition coefficient (Wildman–Crippen LogP) is 0.276. The second-order valence-corrected chi connectivity index (χ2v) is 3.72. The van der Waals surface area contributed by atoms with Gasteiger partial charge in [-0.15, -0.1) is 0 Å². The summed E-state index contributed by atoms with van der Waals surface area (Å²) in [7, 11) is 1.67. The van der Waals surface area contributed by atoms with Crippen molar-refractivity contribution < 1.29 is 14.9 Å². The Balaban J connectivity index is 2.38. The van der Waals surface area contributed by atoms with Crippen molar-refractivity contribution >= 4 is 0 Å². The lowest BCUT2D eigenvalue weighted by Crippen LogP contribution is -2.28. The van der Waals surface area contributed by atoms with Crippen molar-refractivity contribution in [3.63, 3.8) is 0 Å². The molecule has 0 saturated heterocycles. The molecule has 16 heavy (non-hydrogen) atoms. The fraction of sp³-hybridized carbons (Fsp3) is 0.500. The quantitative estimate of drug-likeness (QED) is 0.623. The standard InChI is InChI=1S/C12H19NO3/c1-16-9-11-4-2-3-10(5-11)6-13-7-12(15)8-14/h2-5,12-15H,6-9H2,1H3/t12-/m0/s1. The zero-order chi connectivity index (χ0) is 11.8. The Morgan fingerprint density at radius 3 is 2.81 bits per heavy atom. The van der Waals surface area contributed by atoms with Gasteiger partial charge in [0.1, 0.15) is 0 Å². The van der Waals surface area contributed by atoms with Crippen LogP contribution in [0.15, 0.2) is 24.3 Å². The average molecular weight is 225 g/mol. The highest BCUT2D eigenvalue weighted by atomic mass is 16.5. The van der Waals surface area contributed by atoms with E-state index < -0.39 is 6.10 Å². The summed E-state index contributed by atoms with van der Waals surface area (Å²) in [6.07, 6.45) is -0.692. The van der Waals surface area contributed by atoms with Crippen molar-refractivity contribution in [3.8, 4) is 0 Å². The van der Waals surface area contributed by atoms with Crippen LogP contribution in [0.5, 0.6) is 0 Å². The summed E-state index contributed by atoms with van der Waals surface area (Å²) in [5, 5.41) is 20.9. The van der Waals surface area contributed by atoms with Crippen molar-refractivity contribution in [2.45, 2.75) is 19.3 Å².